The number of nitrogens with zero attached hydrogens (tertiary/aromatic N) is 4. The molecule has 180 valence electrons. The number of benzene rings is 1. The maximum Gasteiger partial charge on any atom is 0.419 e. The van der Waals surface area contributed by atoms with Crippen LogP contribution in [-0.4, -0.2) is 37.7 Å². The van der Waals surface area contributed by atoms with E-state index in [0.717, 1.165) is 0 Å². The molecule has 0 unspecified atom stereocenters. The van der Waals surface area contributed by atoms with E-state index < -0.39 is 40.6 Å². The summed E-state index contributed by atoms with van der Waals surface area (Å²) in [6, 6.07) is 1.19. The first kappa shape index (κ1) is 23.5. The minimum atomic E-state index is -4.55. The normalized spacial score (nSPS) is 18.6. The fourth-order valence-corrected chi connectivity index (χ4v) is 3.74. The van der Waals surface area contributed by atoms with Gasteiger partial charge in [0.2, 0.25) is 17.5 Å². The van der Waals surface area contributed by atoms with E-state index in [4.69, 9.17) is 9.63 Å². The highest BCUT2D eigenvalue weighted by molar-refractivity contribution is 5.94. The molecule has 13 heteroatoms. The van der Waals surface area contributed by atoms with Crippen LogP contribution in [0.1, 0.15) is 53.4 Å². The summed E-state index contributed by atoms with van der Waals surface area (Å²) in [5.41, 5.74) is -1.48. The zero-order valence-corrected chi connectivity index (χ0v) is 17.4. The molecule has 1 fully saturated rings. The zero-order chi connectivity index (χ0) is 24.5. The monoisotopic (exact) mass is 483 g/mol. The number of phenolic OH excluding ortho intramolecular Hbond substituents is 1. The molecule has 3 aromatic rings. The average molecular weight is 483 g/mol. The van der Waals surface area contributed by atoms with Crippen LogP contribution in [0.3, 0.4) is 0 Å². The third-order valence-electron chi connectivity index (χ3n) is 5.65. The van der Waals surface area contributed by atoms with Crippen LogP contribution in [0.4, 0.5) is 22.0 Å². The Morgan fingerprint density at radius 3 is 2.38 bits per heavy atom. The van der Waals surface area contributed by atoms with Crippen molar-refractivity contribution < 1.29 is 36.4 Å². The molecule has 8 nitrogen and oxygen atoms in total. The van der Waals surface area contributed by atoms with Gasteiger partial charge in [-0.05, 0) is 37.7 Å². The molecule has 1 aromatic carbocycles. The number of carbonyl (C=O) groups excluding carboxylic acids is 1. The minimum Gasteiger partial charge on any atom is -0.505 e. The van der Waals surface area contributed by atoms with Gasteiger partial charge in [0.05, 0.1) is 11.1 Å². The van der Waals surface area contributed by atoms with Gasteiger partial charge < -0.3 is 14.9 Å². The number of halogens is 5. The number of hydrogen-bond donors (Lipinski definition) is 2. The summed E-state index contributed by atoms with van der Waals surface area (Å²) in [4.78, 5) is 23.7. The van der Waals surface area contributed by atoms with Crippen molar-refractivity contribution in [3.8, 4) is 17.4 Å². The number of aromatic nitrogens is 4. The predicted octanol–water partition coefficient (Wildman–Crippen LogP) is 4.23. The number of amides is 1. The average Bonchev–Trinajstić information content (AvgIpc) is 3.30. The molecule has 1 saturated carbocycles. The fourth-order valence-electron chi connectivity index (χ4n) is 3.74. The van der Waals surface area contributed by atoms with Crippen LogP contribution in [0.5, 0.6) is 5.75 Å². The van der Waals surface area contributed by atoms with E-state index in [1.54, 1.807) is 0 Å². The molecule has 0 radical (unpaired) electrons. The van der Waals surface area contributed by atoms with Crippen molar-refractivity contribution in [3.05, 3.63) is 53.2 Å². The Balaban J connectivity index is 1.30. The number of rotatable bonds is 5. The van der Waals surface area contributed by atoms with Crippen molar-refractivity contribution in [2.45, 2.75) is 37.8 Å². The van der Waals surface area contributed by atoms with Crippen LogP contribution in [-0.2, 0) is 6.18 Å². The van der Waals surface area contributed by atoms with Gasteiger partial charge in [0.15, 0.2) is 11.6 Å². The second-order valence-electron chi connectivity index (χ2n) is 7.96. The van der Waals surface area contributed by atoms with Crippen LogP contribution in [0.15, 0.2) is 29.0 Å². The smallest absolute Gasteiger partial charge is 0.419 e. The van der Waals surface area contributed by atoms with Crippen LogP contribution in [0.2, 0.25) is 0 Å². The number of phenols is 1. The summed E-state index contributed by atoms with van der Waals surface area (Å²) in [7, 11) is 0. The second kappa shape index (κ2) is 9.31. The quantitative estimate of drug-likeness (QED) is 0.522. The van der Waals surface area contributed by atoms with E-state index in [-0.39, 0.29) is 30.0 Å². The van der Waals surface area contributed by atoms with E-state index in [1.807, 2.05) is 0 Å². The number of hydrogen-bond acceptors (Lipinski definition) is 7. The first-order valence-electron chi connectivity index (χ1n) is 10.3. The number of nitrogens with one attached hydrogen (secondary N) is 1. The van der Waals surface area contributed by atoms with Crippen molar-refractivity contribution in [2.75, 3.05) is 6.54 Å². The Morgan fingerprint density at radius 1 is 1.06 bits per heavy atom. The number of carbonyl (C=O) groups is 1. The lowest BCUT2D eigenvalue weighted by Gasteiger charge is -2.26. The van der Waals surface area contributed by atoms with Crippen molar-refractivity contribution in [3.63, 3.8) is 0 Å². The summed E-state index contributed by atoms with van der Waals surface area (Å²) >= 11 is 0. The van der Waals surface area contributed by atoms with Crippen molar-refractivity contribution in [2.24, 2.45) is 5.92 Å². The van der Waals surface area contributed by atoms with Gasteiger partial charge >= 0.3 is 6.18 Å². The lowest BCUT2D eigenvalue weighted by Crippen LogP contribution is -2.31. The van der Waals surface area contributed by atoms with Gasteiger partial charge in [-0.3, -0.25) is 4.79 Å². The molecule has 2 aromatic heterocycles. The first-order chi connectivity index (χ1) is 16.1. The first-order valence-corrected chi connectivity index (χ1v) is 10.3. The third-order valence-corrected chi connectivity index (χ3v) is 5.65. The number of aromatic hydroxyl groups is 1. The Bertz CT molecular complexity index is 1170. The molecular weight excluding hydrogens is 465 g/mol. The second-order valence-corrected chi connectivity index (χ2v) is 7.96. The highest BCUT2D eigenvalue weighted by Crippen LogP contribution is 2.35. The Hall–Kier alpha value is -3.64. The summed E-state index contributed by atoms with van der Waals surface area (Å²) in [6.45, 7) is 0.252. The molecule has 2 heterocycles. The molecule has 0 spiro atoms. The Morgan fingerprint density at radius 2 is 1.74 bits per heavy atom. The fraction of sp³-hybridized carbons (Fsp3) is 0.381. The van der Waals surface area contributed by atoms with Gasteiger partial charge in [-0.15, -0.1) is 0 Å². The van der Waals surface area contributed by atoms with E-state index in [0.29, 0.717) is 56.1 Å². The highest BCUT2D eigenvalue weighted by atomic mass is 19.4. The summed E-state index contributed by atoms with van der Waals surface area (Å²) < 4.78 is 70.4. The van der Waals surface area contributed by atoms with Gasteiger partial charge in [0, 0.05) is 30.9 Å². The van der Waals surface area contributed by atoms with Crippen molar-refractivity contribution >= 4 is 5.91 Å². The van der Waals surface area contributed by atoms with E-state index in [1.165, 1.54) is 0 Å². The molecule has 34 heavy (non-hydrogen) atoms. The van der Waals surface area contributed by atoms with Crippen molar-refractivity contribution in [1.29, 1.82) is 0 Å². The lowest BCUT2D eigenvalue weighted by atomic mass is 9.82. The van der Waals surface area contributed by atoms with Crippen LogP contribution < -0.4 is 5.32 Å². The van der Waals surface area contributed by atoms with Gasteiger partial charge in [-0.2, -0.15) is 18.2 Å². The Labute approximate surface area is 189 Å². The zero-order valence-electron chi connectivity index (χ0n) is 17.4. The van der Waals surface area contributed by atoms with Crippen LogP contribution in [0, 0.1) is 17.6 Å². The SMILES string of the molecule is O=C(NC[C@H]1CC[C@H](c2nc(-c3ncc(C(F)(F)F)cn3)no2)CC1)c1cc(F)c(O)cc1F. The maximum atomic E-state index is 13.8. The van der Waals surface area contributed by atoms with Gasteiger partial charge in [-0.1, -0.05) is 5.16 Å². The summed E-state index contributed by atoms with van der Waals surface area (Å²) in [5, 5.41) is 15.5. The van der Waals surface area contributed by atoms with Gasteiger partial charge in [0.1, 0.15) is 5.82 Å². The number of alkyl halides is 3. The third kappa shape index (κ3) is 5.13. The lowest BCUT2D eigenvalue weighted by molar-refractivity contribution is -0.138. The van der Waals surface area contributed by atoms with Gasteiger partial charge in [0.25, 0.3) is 5.91 Å². The van der Waals surface area contributed by atoms with E-state index in [2.05, 4.69) is 25.4 Å². The molecule has 0 saturated heterocycles. The molecule has 1 amide bonds. The topological polar surface area (TPSA) is 114 Å². The summed E-state index contributed by atoms with van der Waals surface area (Å²) in [6.07, 6.45) is -0.575. The molecule has 0 atom stereocenters. The molecule has 0 bridgehead atoms. The molecule has 4 rings (SSSR count). The van der Waals surface area contributed by atoms with Crippen LogP contribution in [0.25, 0.3) is 11.6 Å². The highest BCUT2D eigenvalue weighted by Gasteiger charge is 2.32. The molecular formula is C21H18F5N5O3. The molecule has 1 aliphatic rings. The van der Waals surface area contributed by atoms with Crippen LogP contribution >= 0.6 is 0 Å². The summed E-state index contributed by atoms with van der Waals surface area (Å²) in [5.74, 6) is -3.53. The largest absolute Gasteiger partial charge is 0.505 e. The molecule has 0 aliphatic heterocycles. The molecule has 1 aliphatic carbocycles. The standard InChI is InChI=1S/C21H18F5N5O3/c22-14-6-16(32)15(23)5-13(14)19(33)29-7-10-1-3-11(4-2-10)20-30-18(31-34-20)17-27-8-12(9-28-17)21(24,25)26/h5-6,8-11,32H,1-4,7H2,(H,29,33)/t10-,11-. The van der Waals surface area contributed by atoms with Crippen molar-refractivity contribution in [1.82, 2.24) is 25.4 Å². The molecule has 2 N–H and O–H groups in total. The van der Waals surface area contributed by atoms with Gasteiger partial charge in [-0.25, -0.2) is 18.7 Å². The van der Waals surface area contributed by atoms with E-state index >= 15 is 0 Å². The Kier molecular flexibility index (Phi) is 6.44. The predicted molar refractivity (Wildman–Crippen MR) is 105 cm³/mol. The minimum absolute atomic E-state index is 0.0127. The van der Waals surface area contributed by atoms with E-state index in [9.17, 15) is 26.7 Å². The maximum absolute atomic E-state index is 13.8.